The maximum atomic E-state index is 13.8. The van der Waals surface area contributed by atoms with Crippen molar-refractivity contribution in [1.82, 2.24) is 10.3 Å². The minimum Gasteiger partial charge on any atom is -0.356 e. The van der Waals surface area contributed by atoms with E-state index in [0.717, 1.165) is 5.56 Å². The third kappa shape index (κ3) is 4.76. The van der Waals surface area contributed by atoms with E-state index in [1.54, 1.807) is 6.07 Å². The molecule has 0 spiro atoms. The molecule has 0 bridgehead atoms. The van der Waals surface area contributed by atoms with Crippen LogP contribution in [-0.4, -0.2) is 35.8 Å². The van der Waals surface area contributed by atoms with Crippen molar-refractivity contribution in [2.75, 3.05) is 23.3 Å². The van der Waals surface area contributed by atoms with Crippen molar-refractivity contribution in [3.8, 4) is 0 Å². The quantitative estimate of drug-likeness (QED) is 0.650. The highest BCUT2D eigenvalue weighted by atomic mass is 19.4. The topological polar surface area (TPSA) is 74.3 Å². The zero-order chi connectivity index (χ0) is 24.0. The van der Waals surface area contributed by atoms with Crippen LogP contribution >= 0.6 is 0 Å². The van der Waals surface area contributed by atoms with Crippen LogP contribution in [0.3, 0.4) is 0 Å². The smallest absolute Gasteiger partial charge is 0.356 e. The predicted octanol–water partition coefficient (Wildman–Crippen LogP) is 4.53. The number of fused-ring (bicyclic) bond motifs is 1. The number of rotatable bonds is 3. The number of hydrogen-bond acceptors (Lipinski definition) is 4. The van der Waals surface area contributed by atoms with E-state index in [0.29, 0.717) is 18.2 Å². The zero-order valence-electron chi connectivity index (χ0n) is 17.7. The van der Waals surface area contributed by atoms with Gasteiger partial charge >= 0.3 is 6.18 Å². The van der Waals surface area contributed by atoms with Crippen LogP contribution in [0, 0.1) is 6.92 Å². The molecule has 0 atom stereocenters. The molecule has 0 unspecified atom stereocenters. The van der Waals surface area contributed by atoms with Gasteiger partial charge in [-0.15, -0.1) is 0 Å². The van der Waals surface area contributed by atoms with Gasteiger partial charge in [-0.1, -0.05) is 6.07 Å². The van der Waals surface area contributed by atoms with Gasteiger partial charge in [0.05, 0.1) is 16.8 Å². The number of benzene rings is 1. The highest BCUT2D eigenvalue weighted by Crippen LogP contribution is 2.36. The average Bonchev–Trinajstić information content (AvgIpc) is 2.98. The number of hydrogen-bond donors (Lipinski definition) is 2. The summed E-state index contributed by atoms with van der Waals surface area (Å²) in [7, 11) is 0. The second-order valence-electron chi connectivity index (χ2n) is 8.20. The lowest BCUT2D eigenvalue weighted by molar-refractivity contribution is -0.138. The molecule has 2 aliphatic rings. The van der Waals surface area contributed by atoms with E-state index in [9.17, 15) is 31.5 Å². The number of amides is 2. The number of carbonyl (C=O) groups excluding carboxylic acids is 2. The van der Waals surface area contributed by atoms with Crippen molar-refractivity contribution in [3.63, 3.8) is 0 Å². The van der Waals surface area contributed by atoms with Gasteiger partial charge in [-0.2, -0.15) is 13.2 Å². The molecule has 1 aromatic heterocycles. The lowest BCUT2D eigenvalue weighted by atomic mass is 10.1. The number of carbonyl (C=O) groups is 2. The van der Waals surface area contributed by atoms with Crippen molar-refractivity contribution in [3.05, 3.63) is 52.2 Å². The number of anilines is 2. The largest absolute Gasteiger partial charge is 0.418 e. The lowest BCUT2D eigenvalue weighted by Gasteiger charge is -2.25. The van der Waals surface area contributed by atoms with Gasteiger partial charge in [0.25, 0.3) is 11.8 Å². The fourth-order valence-corrected chi connectivity index (χ4v) is 4.05. The van der Waals surface area contributed by atoms with Gasteiger partial charge in [-0.05, 0) is 37.1 Å². The van der Waals surface area contributed by atoms with E-state index < -0.39 is 30.0 Å². The van der Waals surface area contributed by atoms with E-state index >= 15 is 0 Å². The fraction of sp³-hybridized carbons (Fsp3) is 0.409. The van der Waals surface area contributed by atoms with E-state index in [1.165, 1.54) is 24.0 Å². The van der Waals surface area contributed by atoms with Gasteiger partial charge in [-0.25, -0.2) is 13.8 Å². The second kappa shape index (κ2) is 8.27. The number of nitrogens with one attached hydrogen (secondary N) is 2. The van der Waals surface area contributed by atoms with Crippen LogP contribution in [0.2, 0.25) is 0 Å². The number of pyridine rings is 1. The molecule has 176 valence electrons. The first-order valence-electron chi connectivity index (χ1n) is 10.4. The fourth-order valence-electron chi connectivity index (χ4n) is 4.05. The Morgan fingerprint density at radius 2 is 1.94 bits per heavy atom. The lowest BCUT2D eigenvalue weighted by Crippen LogP contribution is -2.30. The van der Waals surface area contributed by atoms with Crippen molar-refractivity contribution >= 4 is 23.3 Å². The molecule has 2 N–H and O–H groups in total. The summed E-state index contributed by atoms with van der Waals surface area (Å²) < 4.78 is 68.2. The monoisotopic (exact) mass is 468 g/mol. The Morgan fingerprint density at radius 1 is 1.18 bits per heavy atom. The van der Waals surface area contributed by atoms with Gasteiger partial charge in [-0.3, -0.25) is 9.59 Å². The molecule has 11 heteroatoms. The molecule has 1 saturated heterocycles. The average molecular weight is 468 g/mol. The van der Waals surface area contributed by atoms with Gasteiger partial charge in [0.2, 0.25) is 5.92 Å². The van der Waals surface area contributed by atoms with Crippen LogP contribution in [0.1, 0.15) is 56.8 Å². The van der Waals surface area contributed by atoms with Crippen LogP contribution in [0.25, 0.3) is 0 Å². The van der Waals surface area contributed by atoms with Gasteiger partial charge in [0.1, 0.15) is 5.82 Å². The van der Waals surface area contributed by atoms with Crippen LogP contribution in [0.15, 0.2) is 24.3 Å². The third-order valence-corrected chi connectivity index (χ3v) is 5.81. The summed E-state index contributed by atoms with van der Waals surface area (Å²) in [5.74, 6) is -4.15. The molecule has 2 aliphatic heterocycles. The first-order chi connectivity index (χ1) is 15.4. The number of halogens is 5. The van der Waals surface area contributed by atoms with E-state index in [2.05, 4.69) is 15.6 Å². The summed E-state index contributed by atoms with van der Waals surface area (Å²) in [6.07, 6.45) is -5.48. The molecule has 0 radical (unpaired) electrons. The summed E-state index contributed by atoms with van der Waals surface area (Å²) in [5, 5.41) is 5.15. The molecule has 33 heavy (non-hydrogen) atoms. The molecule has 0 saturated carbocycles. The van der Waals surface area contributed by atoms with E-state index in [-0.39, 0.29) is 54.6 Å². The first-order valence-corrected chi connectivity index (χ1v) is 10.4. The molecular formula is C22H21F5N4O2. The van der Waals surface area contributed by atoms with Gasteiger partial charge in [0, 0.05) is 43.7 Å². The number of aryl methyl sites for hydroxylation is 1. The van der Waals surface area contributed by atoms with Gasteiger partial charge in [0.15, 0.2) is 0 Å². The zero-order valence-corrected chi connectivity index (χ0v) is 17.7. The van der Waals surface area contributed by atoms with Crippen LogP contribution < -0.4 is 15.5 Å². The minimum absolute atomic E-state index is 0.0744. The second-order valence-corrected chi connectivity index (χ2v) is 8.20. The van der Waals surface area contributed by atoms with Crippen molar-refractivity contribution in [1.29, 1.82) is 0 Å². The van der Waals surface area contributed by atoms with Crippen LogP contribution in [0.5, 0.6) is 0 Å². The van der Waals surface area contributed by atoms with Crippen molar-refractivity contribution < 1.29 is 31.5 Å². The van der Waals surface area contributed by atoms with Gasteiger partial charge < -0.3 is 15.5 Å². The third-order valence-electron chi connectivity index (χ3n) is 5.81. The first kappa shape index (κ1) is 22.9. The molecule has 6 nitrogen and oxygen atoms in total. The van der Waals surface area contributed by atoms with Crippen LogP contribution in [0.4, 0.5) is 33.5 Å². The number of nitrogens with zero attached hydrogens (tertiary/aromatic N) is 2. The molecule has 3 heterocycles. The minimum atomic E-state index is -4.75. The highest BCUT2D eigenvalue weighted by Gasteiger charge is 2.37. The van der Waals surface area contributed by atoms with Crippen molar-refractivity contribution in [2.24, 2.45) is 0 Å². The summed E-state index contributed by atoms with van der Waals surface area (Å²) in [4.78, 5) is 30.4. The molecule has 2 aromatic rings. The van der Waals surface area contributed by atoms with Crippen molar-refractivity contribution in [2.45, 2.75) is 44.8 Å². The normalized spacial score (nSPS) is 17.9. The van der Waals surface area contributed by atoms with Crippen LogP contribution in [-0.2, 0) is 12.7 Å². The molecule has 0 aliphatic carbocycles. The van der Waals surface area contributed by atoms with E-state index in [4.69, 9.17) is 0 Å². The Balaban J connectivity index is 1.71. The molecule has 4 rings (SSSR count). The summed E-state index contributed by atoms with van der Waals surface area (Å²) in [5.41, 5.74) is -0.480. The molecule has 1 aromatic carbocycles. The summed E-state index contributed by atoms with van der Waals surface area (Å²) in [6.45, 7) is 1.50. The van der Waals surface area contributed by atoms with E-state index in [1.807, 2.05) is 0 Å². The maximum absolute atomic E-state index is 13.8. The summed E-state index contributed by atoms with van der Waals surface area (Å²) in [6, 6.07) is 5.31. The summed E-state index contributed by atoms with van der Waals surface area (Å²) >= 11 is 0. The Morgan fingerprint density at radius 3 is 2.67 bits per heavy atom. The molecule has 1 fully saturated rings. The standard InChI is InChI=1S/C22H21F5N4O2/c1-12-17(22(25,26)27)10-16(18(29-12)31-7-2-5-21(23,24)6-8-31)20(33)30-14-4-3-13-11-28-19(32)15(13)9-14/h3-4,9-10H,2,5-8,11H2,1H3,(H,28,32)(H,30,33). The predicted molar refractivity (Wildman–Crippen MR) is 111 cm³/mol. The number of aromatic nitrogens is 1. The Kier molecular flexibility index (Phi) is 5.75. The Hall–Kier alpha value is -3.24. The highest BCUT2D eigenvalue weighted by molar-refractivity contribution is 6.08. The SMILES string of the molecule is Cc1nc(N2CCCC(F)(F)CC2)c(C(=O)Nc2ccc3c(c2)C(=O)NC3)cc1C(F)(F)F. The Labute approximate surface area is 186 Å². The molecular weight excluding hydrogens is 447 g/mol. The Bertz CT molecular complexity index is 1120. The molecule has 2 amide bonds. The number of alkyl halides is 5. The maximum Gasteiger partial charge on any atom is 0.418 e.